The van der Waals surface area contributed by atoms with Crippen LogP contribution < -0.4 is 0 Å². The van der Waals surface area contributed by atoms with Crippen LogP contribution in [0, 0.1) is 0 Å². The van der Waals surface area contributed by atoms with Crippen LogP contribution >= 0.6 is 0 Å². The predicted octanol–water partition coefficient (Wildman–Crippen LogP) is 3.95. The van der Waals surface area contributed by atoms with Crippen molar-refractivity contribution < 1.29 is 13.2 Å². The Kier molecular flexibility index (Phi) is 3.21. The summed E-state index contributed by atoms with van der Waals surface area (Å²) in [5, 5.41) is 4.19. The molecule has 3 nitrogen and oxygen atoms in total. The van der Waals surface area contributed by atoms with Gasteiger partial charge in [0.2, 0.25) is 0 Å². The minimum absolute atomic E-state index is 0.661. The highest BCUT2D eigenvalue weighted by atomic mass is 19.4. The molecule has 0 atom stereocenters. The maximum absolute atomic E-state index is 12.5. The van der Waals surface area contributed by atoms with E-state index >= 15 is 0 Å². The highest BCUT2D eigenvalue weighted by molar-refractivity contribution is 5.62. The summed E-state index contributed by atoms with van der Waals surface area (Å²) in [6.45, 7) is 0. The second kappa shape index (κ2) is 5.05. The van der Waals surface area contributed by atoms with Gasteiger partial charge in [-0.2, -0.15) is 18.3 Å². The van der Waals surface area contributed by atoms with Gasteiger partial charge in [-0.15, -0.1) is 0 Å². The number of nitrogens with zero attached hydrogens (tertiary/aromatic N) is 3. The topological polar surface area (TPSA) is 30.7 Å². The molecule has 2 aromatic heterocycles. The molecule has 1 aromatic carbocycles. The molecule has 0 radical (unpaired) electrons. The Labute approximate surface area is 118 Å². The summed E-state index contributed by atoms with van der Waals surface area (Å²) >= 11 is 0. The van der Waals surface area contributed by atoms with Crippen LogP contribution in [0.1, 0.15) is 5.56 Å². The number of rotatable bonds is 2. The number of alkyl halides is 3. The number of hydrogen-bond donors (Lipinski definition) is 0. The minimum Gasteiger partial charge on any atom is -0.262 e. The van der Waals surface area contributed by atoms with Crippen LogP contribution in [-0.2, 0) is 6.18 Å². The third kappa shape index (κ3) is 2.79. The Morgan fingerprint density at radius 2 is 1.67 bits per heavy atom. The second-order valence-corrected chi connectivity index (χ2v) is 4.46. The lowest BCUT2D eigenvalue weighted by Gasteiger charge is -2.06. The van der Waals surface area contributed by atoms with Crippen LogP contribution in [0.5, 0.6) is 0 Å². The number of pyridine rings is 1. The van der Waals surface area contributed by atoms with Gasteiger partial charge in [-0.3, -0.25) is 4.98 Å². The highest BCUT2D eigenvalue weighted by Gasteiger charge is 2.29. The van der Waals surface area contributed by atoms with Gasteiger partial charge in [-0.25, -0.2) is 4.68 Å². The number of aromatic nitrogens is 3. The Morgan fingerprint density at radius 3 is 2.29 bits per heavy atom. The summed E-state index contributed by atoms with van der Waals surface area (Å²) in [5.41, 5.74) is 1.55. The molecule has 0 bridgehead atoms. The summed E-state index contributed by atoms with van der Waals surface area (Å²) in [6, 6.07) is 8.64. The van der Waals surface area contributed by atoms with E-state index in [4.69, 9.17) is 0 Å². The molecule has 0 aliphatic carbocycles. The maximum Gasteiger partial charge on any atom is 0.416 e. The van der Waals surface area contributed by atoms with E-state index in [1.165, 1.54) is 12.1 Å². The molecule has 0 amide bonds. The van der Waals surface area contributed by atoms with Crippen molar-refractivity contribution in [2.75, 3.05) is 0 Å². The summed E-state index contributed by atoms with van der Waals surface area (Å²) in [7, 11) is 0. The Bertz CT molecular complexity index is 731. The van der Waals surface area contributed by atoms with Crippen molar-refractivity contribution in [1.82, 2.24) is 14.8 Å². The van der Waals surface area contributed by atoms with E-state index in [9.17, 15) is 13.2 Å². The average Bonchev–Trinajstić information content (AvgIpc) is 2.97. The molecule has 6 heteroatoms. The van der Waals surface area contributed by atoms with Gasteiger partial charge in [0.1, 0.15) is 0 Å². The first-order valence-corrected chi connectivity index (χ1v) is 6.17. The molecule has 0 aliphatic rings. The zero-order valence-electron chi connectivity index (χ0n) is 10.7. The molecule has 0 saturated heterocycles. The maximum atomic E-state index is 12.5. The van der Waals surface area contributed by atoms with Gasteiger partial charge in [0.15, 0.2) is 0 Å². The van der Waals surface area contributed by atoms with Gasteiger partial charge in [0, 0.05) is 18.0 Å². The first kappa shape index (κ1) is 13.4. The Balaban J connectivity index is 1.90. The van der Waals surface area contributed by atoms with Gasteiger partial charge in [-0.1, -0.05) is 12.1 Å². The summed E-state index contributed by atoms with van der Waals surface area (Å²) in [4.78, 5) is 4.00. The normalized spacial score (nSPS) is 11.6. The van der Waals surface area contributed by atoms with Gasteiger partial charge < -0.3 is 0 Å². The third-order valence-electron chi connectivity index (χ3n) is 3.04. The first-order chi connectivity index (χ1) is 10.0. The molecule has 21 heavy (non-hydrogen) atoms. The molecule has 0 aliphatic heterocycles. The van der Waals surface area contributed by atoms with Crippen molar-refractivity contribution in [2.24, 2.45) is 0 Å². The minimum atomic E-state index is -4.32. The van der Waals surface area contributed by atoms with Crippen LogP contribution in [0.2, 0.25) is 0 Å². The molecule has 106 valence electrons. The van der Waals surface area contributed by atoms with E-state index in [0.717, 1.165) is 23.4 Å². The summed E-state index contributed by atoms with van der Waals surface area (Å²) in [5.74, 6) is 0. The third-order valence-corrected chi connectivity index (χ3v) is 3.04. The average molecular weight is 289 g/mol. The van der Waals surface area contributed by atoms with Crippen molar-refractivity contribution in [3.63, 3.8) is 0 Å². The lowest BCUT2D eigenvalue weighted by atomic mass is 10.1. The molecule has 3 aromatic rings. The smallest absolute Gasteiger partial charge is 0.262 e. The molecule has 0 unspecified atom stereocenters. The SMILES string of the molecule is FC(F)(F)c1ccc(-c2cnn(-c3cccnc3)c2)cc1. The summed E-state index contributed by atoms with van der Waals surface area (Å²) in [6.07, 6.45) is 2.35. The monoisotopic (exact) mass is 289 g/mol. The molecule has 0 fully saturated rings. The Morgan fingerprint density at radius 1 is 0.905 bits per heavy atom. The number of hydrogen-bond acceptors (Lipinski definition) is 2. The van der Waals surface area contributed by atoms with E-state index in [2.05, 4.69) is 10.1 Å². The van der Waals surface area contributed by atoms with E-state index in [0.29, 0.717) is 5.56 Å². The van der Waals surface area contributed by atoms with Crippen LogP contribution in [0.25, 0.3) is 16.8 Å². The second-order valence-electron chi connectivity index (χ2n) is 4.46. The van der Waals surface area contributed by atoms with Crippen molar-refractivity contribution >= 4 is 0 Å². The molecular weight excluding hydrogens is 279 g/mol. The fourth-order valence-electron chi connectivity index (χ4n) is 1.95. The van der Waals surface area contributed by atoms with Crippen molar-refractivity contribution in [3.8, 4) is 16.8 Å². The van der Waals surface area contributed by atoms with Crippen LogP contribution in [0.3, 0.4) is 0 Å². The first-order valence-electron chi connectivity index (χ1n) is 6.17. The largest absolute Gasteiger partial charge is 0.416 e. The number of halogens is 3. The van der Waals surface area contributed by atoms with Crippen molar-refractivity contribution in [3.05, 3.63) is 66.7 Å². The summed E-state index contributed by atoms with van der Waals surface area (Å²) < 4.78 is 39.2. The highest BCUT2D eigenvalue weighted by Crippen LogP contribution is 2.30. The van der Waals surface area contributed by atoms with Crippen LogP contribution in [-0.4, -0.2) is 14.8 Å². The van der Waals surface area contributed by atoms with Gasteiger partial charge in [0.05, 0.1) is 23.6 Å². The molecule has 3 rings (SSSR count). The molecule has 0 saturated carbocycles. The molecule has 0 spiro atoms. The molecular formula is C15H10F3N3. The van der Waals surface area contributed by atoms with Gasteiger partial charge in [0.25, 0.3) is 0 Å². The lowest BCUT2D eigenvalue weighted by molar-refractivity contribution is -0.137. The molecule has 2 heterocycles. The number of benzene rings is 1. The molecule has 0 N–H and O–H groups in total. The fourth-order valence-corrected chi connectivity index (χ4v) is 1.95. The van der Waals surface area contributed by atoms with E-state index in [1.54, 1.807) is 35.5 Å². The van der Waals surface area contributed by atoms with Crippen molar-refractivity contribution in [2.45, 2.75) is 6.18 Å². The lowest BCUT2D eigenvalue weighted by Crippen LogP contribution is -2.03. The van der Waals surface area contributed by atoms with Crippen LogP contribution in [0.15, 0.2) is 61.2 Å². The zero-order valence-corrected chi connectivity index (χ0v) is 10.7. The van der Waals surface area contributed by atoms with Crippen LogP contribution in [0.4, 0.5) is 13.2 Å². The standard InChI is InChI=1S/C15H10F3N3/c16-15(17,18)13-5-3-11(4-6-13)12-8-20-21(10-12)14-2-1-7-19-9-14/h1-10H. The fraction of sp³-hybridized carbons (Fsp3) is 0.0667. The van der Waals surface area contributed by atoms with Gasteiger partial charge in [-0.05, 0) is 29.8 Å². The van der Waals surface area contributed by atoms with E-state index in [-0.39, 0.29) is 0 Å². The van der Waals surface area contributed by atoms with E-state index in [1.807, 2.05) is 6.07 Å². The van der Waals surface area contributed by atoms with Gasteiger partial charge >= 0.3 is 6.18 Å². The Hall–Kier alpha value is -2.63. The predicted molar refractivity (Wildman–Crippen MR) is 71.8 cm³/mol. The zero-order chi connectivity index (χ0) is 14.9. The quantitative estimate of drug-likeness (QED) is 0.715. The van der Waals surface area contributed by atoms with Crippen molar-refractivity contribution in [1.29, 1.82) is 0 Å². The van der Waals surface area contributed by atoms with E-state index < -0.39 is 11.7 Å².